The molecule has 1 aromatic carbocycles. The summed E-state index contributed by atoms with van der Waals surface area (Å²) >= 11 is 0. The van der Waals surface area contributed by atoms with Gasteiger partial charge < -0.3 is 5.32 Å². The van der Waals surface area contributed by atoms with E-state index in [1.54, 1.807) is 6.07 Å². The second-order valence-electron chi connectivity index (χ2n) is 6.97. The molecule has 0 aromatic heterocycles. The first-order chi connectivity index (χ1) is 9.76. The molecule has 0 spiro atoms. The minimum Gasteiger partial charge on any atom is -0.312 e. The zero-order chi connectivity index (χ0) is 16.0. The smallest absolute Gasteiger partial charge is 0.127 e. The maximum Gasteiger partial charge on any atom is 0.127 e. The van der Waals surface area contributed by atoms with Crippen LogP contribution in [0.15, 0.2) is 18.2 Å². The molecule has 0 saturated heterocycles. The number of benzene rings is 1. The van der Waals surface area contributed by atoms with Crippen LogP contribution in [0.5, 0.6) is 0 Å². The monoisotopic (exact) mass is 294 g/mol. The highest BCUT2D eigenvalue weighted by Crippen LogP contribution is 2.21. The first-order valence-corrected chi connectivity index (χ1v) is 7.95. The molecular weight excluding hydrogens is 263 g/mol. The van der Waals surface area contributed by atoms with Crippen molar-refractivity contribution >= 4 is 0 Å². The summed E-state index contributed by atoms with van der Waals surface area (Å²) in [7, 11) is 2.06. The van der Waals surface area contributed by atoms with Gasteiger partial charge in [-0.05, 0) is 51.4 Å². The van der Waals surface area contributed by atoms with Crippen LogP contribution >= 0.6 is 0 Å². The van der Waals surface area contributed by atoms with Gasteiger partial charge in [0.2, 0.25) is 0 Å². The Bertz CT molecular complexity index is 441. The minimum atomic E-state index is -0.110. The number of nitrogens with one attached hydrogen (secondary N) is 1. The quantitative estimate of drug-likeness (QED) is 0.773. The van der Waals surface area contributed by atoms with Gasteiger partial charge in [0.15, 0.2) is 0 Å². The van der Waals surface area contributed by atoms with Crippen molar-refractivity contribution in [2.45, 2.75) is 59.7 Å². The molecule has 21 heavy (non-hydrogen) atoms. The molecule has 0 amide bonds. The molecule has 0 bridgehead atoms. The van der Waals surface area contributed by atoms with Crippen LogP contribution in [0.4, 0.5) is 4.39 Å². The van der Waals surface area contributed by atoms with Gasteiger partial charge in [0.25, 0.3) is 0 Å². The Morgan fingerprint density at radius 2 is 1.95 bits per heavy atom. The average Bonchev–Trinajstić information content (AvgIpc) is 2.41. The molecule has 0 radical (unpaired) electrons. The van der Waals surface area contributed by atoms with Crippen molar-refractivity contribution < 1.29 is 4.39 Å². The summed E-state index contributed by atoms with van der Waals surface area (Å²) in [4.78, 5) is 2.22. The Morgan fingerprint density at radius 1 is 1.29 bits per heavy atom. The van der Waals surface area contributed by atoms with E-state index >= 15 is 0 Å². The van der Waals surface area contributed by atoms with Crippen molar-refractivity contribution in [3.8, 4) is 0 Å². The van der Waals surface area contributed by atoms with E-state index in [0.29, 0.717) is 12.5 Å². The van der Waals surface area contributed by atoms with E-state index in [2.05, 4.69) is 51.9 Å². The van der Waals surface area contributed by atoms with E-state index in [0.717, 1.165) is 30.6 Å². The predicted molar refractivity (Wildman–Crippen MR) is 88.8 cm³/mol. The highest BCUT2D eigenvalue weighted by atomic mass is 19.1. The van der Waals surface area contributed by atoms with E-state index in [9.17, 15) is 4.39 Å². The SMILES string of the molecule is CCC(C)(C)N(C)Cc1cc(CNCC(C)C)ccc1F. The lowest BCUT2D eigenvalue weighted by atomic mass is 9.98. The molecule has 120 valence electrons. The van der Waals surface area contributed by atoms with Crippen LogP contribution < -0.4 is 5.32 Å². The van der Waals surface area contributed by atoms with Crippen molar-refractivity contribution in [2.24, 2.45) is 5.92 Å². The van der Waals surface area contributed by atoms with Crippen molar-refractivity contribution in [3.05, 3.63) is 35.1 Å². The number of nitrogens with zero attached hydrogens (tertiary/aromatic N) is 1. The minimum absolute atomic E-state index is 0.0817. The van der Waals surface area contributed by atoms with Crippen molar-refractivity contribution in [2.75, 3.05) is 13.6 Å². The van der Waals surface area contributed by atoms with Crippen LogP contribution in [0.1, 0.15) is 52.2 Å². The summed E-state index contributed by atoms with van der Waals surface area (Å²) < 4.78 is 14.0. The van der Waals surface area contributed by atoms with Gasteiger partial charge in [-0.25, -0.2) is 4.39 Å². The standard InChI is InChI=1S/C18H31FN2/c1-7-18(4,5)21(6)13-16-10-15(8-9-17(16)19)12-20-11-14(2)3/h8-10,14,20H,7,11-13H2,1-6H3. The second kappa shape index (κ2) is 7.90. The molecule has 0 aliphatic rings. The first-order valence-electron chi connectivity index (χ1n) is 7.95. The van der Waals surface area contributed by atoms with Gasteiger partial charge in [0.1, 0.15) is 5.82 Å². The third-order valence-electron chi connectivity index (χ3n) is 4.30. The summed E-state index contributed by atoms with van der Waals surface area (Å²) in [6.07, 6.45) is 1.04. The topological polar surface area (TPSA) is 15.3 Å². The Hall–Kier alpha value is -0.930. The van der Waals surface area contributed by atoms with Gasteiger partial charge in [0.05, 0.1) is 0 Å². The molecule has 0 saturated carbocycles. The van der Waals surface area contributed by atoms with Crippen LogP contribution in [0.25, 0.3) is 0 Å². The van der Waals surface area contributed by atoms with Gasteiger partial charge >= 0.3 is 0 Å². The van der Waals surface area contributed by atoms with Gasteiger partial charge in [-0.2, -0.15) is 0 Å². The summed E-state index contributed by atoms with van der Waals surface area (Å²) in [5.74, 6) is 0.516. The van der Waals surface area contributed by atoms with Gasteiger partial charge in [-0.1, -0.05) is 32.9 Å². The van der Waals surface area contributed by atoms with Gasteiger partial charge in [-0.15, -0.1) is 0 Å². The van der Waals surface area contributed by atoms with Crippen LogP contribution in [0, 0.1) is 11.7 Å². The molecule has 2 nitrogen and oxygen atoms in total. The highest BCUT2D eigenvalue weighted by molar-refractivity contribution is 5.25. The molecule has 0 heterocycles. The van der Waals surface area contributed by atoms with Crippen LogP contribution in [0.2, 0.25) is 0 Å². The third-order valence-corrected chi connectivity index (χ3v) is 4.30. The highest BCUT2D eigenvalue weighted by Gasteiger charge is 2.22. The van der Waals surface area contributed by atoms with Crippen LogP contribution in [-0.2, 0) is 13.1 Å². The molecule has 0 atom stereocenters. The van der Waals surface area contributed by atoms with Gasteiger partial charge in [0, 0.05) is 24.2 Å². The summed E-state index contributed by atoms with van der Waals surface area (Å²) in [5, 5.41) is 3.41. The molecule has 0 aliphatic carbocycles. The lowest BCUT2D eigenvalue weighted by Gasteiger charge is -2.35. The normalized spacial score (nSPS) is 12.4. The molecule has 1 rings (SSSR count). The zero-order valence-corrected chi connectivity index (χ0v) is 14.5. The second-order valence-corrected chi connectivity index (χ2v) is 6.97. The third kappa shape index (κ3) is 5.76. The number of rotatable bonds is 8. The van der Waals surface area contributed by atoms with Crippen LogP contribution in [0.3, 0.4) is 0 Å². The summed E-state index contributed by atoms with van der Waals surface area (Å²) in [6, 6.07) is 5.45. The van der Waals surface area contributed by atoms with Crippen LogP contribution in [-0.4, -0.2) is 24.0 Å². The Kier molecular flexibility index (Phi) is 6.82. The molecular formula is C18H31FN2. The maximum atomic E-state index is 14.0. The Labute approximate surface area is 129 Å². The Balaban J connectivity index is 2.73. The molecule has 0 aliphatic heterocycles. The van der Waals surface area contributed by atoms with E-state index in [-0.39, 0.29) is 11.4 Å². The zero-order valence-electron chi connectivity index (χ0n) is 14.5. The first kappa shape index (κ1) is 18.1. The van der Waals surface area contributed by atoms with E-state index in [4.69, 9.17) is 0 Å². The predicted octanol–water partition coefficient (Wildman–Crippen LogP) is 4.19. The fourth-order valence-corrected chi connectivity index (χ4v) is 2.10. The fraction of sp³-hybridized carbons (Fsp3) is 0.667. The van der Waals surface area contributed by atoms with E-state index < -0.39 is 0 Å². The molecule has 0 unspecified atom stereocenters. The summed E-state index contributed by atoms with van der Waals surface area (Å²) in [6.45, 7) is 13.3. The lowest BCUT2D eigenvalue weighted by molar-refractivity contribution is 0.141. The maximum absolute atomic E-state index is 14.0. The molecule has 1 N–H and O–H groups in total. The van der Waals surface area contributed by atoms with Crippen molar-refractivity contribution in [1.29, 1.82) is 0 Å². The van der Waals surface area contributed by atoms with E-state index in [1.165, 1.54) is 0 Å². The molecule has 1 aromatic rings. The lowest BCUT2D eigenvalue weighted by Crippen LogP contribution is -2.40. The van der Waals surface area contributed by atoms with Crippen molar-refractivity contribution in [3.63, 3.8) is 0 Å². The number of hydrogen-bond acceptors (Lipinski definition) is 2. The molecule has 3 heteroatoms. The summed E-state index contributed by atoms with van der Waals surface area (Å²) in [5.41, 5.74) is 2.01. The number of hydrogen-bond donors (Lipinski definition) is 1. The van der Waals surface area contributed by atoms with Gasteiger partial charge in [-0.3, -0.25) is 4.90 Å². The van der Waals surface area contributed by atoms with Crippen molar-refractivity contribution in [1.82, 2.24) is 10.2 Å². The largest absolute Gasteiger partial charge is 0.312 e. The number of halogens is 1. The Morgan fingerprint density at radius 3 is 2.52 bits per heavy atom. The molecule has 0 fully saturated rings. The average molecular weight is 294 g/mol. The fourth-order valence-electron chi connectivity index (χ4n) is 2.10. The van der Waals surface area contributed by atoms with E-state index in [1.807, 2.05) is 12.1 Å².